The fourth-order valence-corrected chi connectivity index (χ4v) is 2.85. The first-order valence-corrected chi connectivity index (χ1v) is 8.90. The number of imide groups is 1. The number of carboxylic acids is 1. The third-order valence-corrected chi connectivity index (χ3v) is 4.36. The zero-order chi connectivity index (χ0) is 20.0. The van der Waals surface area contributed by atoms with E-state index in [1.54, 1.807) is 24.3 Å². The molecule has 8 heteroatoms. The molecule has 1 atom stereocenters. The van der Waals surface area contributed by atoms with Gasteiger partial charge in [0.2, 0.25) is 5.91 Å². The van der Waals surface area contributed by atoms with Crippen molar-refractivity contribution < 1.29 is 29.0 Å². The maximum Gasteiger partial charge on any atom is 0.308 e. The van der Waals surface area contributed by atoms with E-state index in [1.807, 2.05) is 6.92 Å². The van der Waals surface area contributed by atoms with Crippen LogP contribution in [-0.4, -0.2) is 71.4 Å². The predicted molar refractivity (Wildman–Crippen MR) is 96.3 cm³/mol. The van der Waals surface area contributed by atoms with Crippen molar-refractivity contribution in [3.05, 3.63) is 35.4 Å². The molecule has 146 valence electrons. The number of amides is 3. The Hall–Kier alpha value is -2.74. The van der Waals surface area contributed by atoms with Crippen LogP contribution in [-0.2, 0) is 14.3 Å². The standard InChI is InChI=1S/C19H24N2O6/c1-3-27-10-6-9-20(11-13(2)19(25)26)16(22)12-21-17(23)14-7-4-5-8-15(14)18(21)24/h4-5,7-8,13H,3,6,9-12H2,1-2H3,(H,25,26). The lowest BCUT2D eigenvalue weighted by Crippen LogP contribution is -2.45. The van der Waals surface area contributed by atoms with Gasteiger partial charge in [0.1, 0.15) is 6.54 Å². The van der Waals surface area contributed by atoms with Crippen LogP contribution in [0.5, 0.6) is 0 Å². The van der Waals surface area contributed by atoms with E-state index < -0.39 is 36.2 Å². The Labute approximate surface area is 157 Å². The molecule has 0 aliphatic carbocycles. The quantitative estimate of drug-likeness (QED) is 0.487. The SMILES string of the molecule is CCOCCCN(CC(C)C(=O)O)C(=O)CN1C(=O)c2ccccc2C1=O. The predicted octanol–water partition coefficient (Wildman–Crippen LogP) is 1.26. The molecule has 1 N–H and O–H groups in total. The minimum absolute atomic E-state index is 0.00343. The number of carbonyl (C=O) groups excluding carboxylic acids is 3. The van der Waals surface area contributed by atoms with Gasteiger partial charge in [-0.05, 0) is 25.5 Å². The molecule has 3 amide bonds. The second kappa shape index (κ2) is 9.27. The summed E-state index contributed by atoms with van der Waals surface area (Å²) in [7, 11) is 0. The van der Waals surface area contributed by atoms with E-state index in [9.17, 15) is 19.2 Å². The minimum atomic E-state index is -1.02. The highest BCUT2D eigenvalue weighted by Gasteiger charge is 2.37. The number of benzene rings is 1. The molecule has 1 aliphatic rings. The van der Waals surface area contributed by atoms with E-state index in [0.717, 1.165) is 4.90 Å². The number of nitrogens with zero attached hydrogens (tertiary/aromatic N) is 2. The lowest BCUT2D eigenvalue weighted by Gasteiger charge is -2.26. The van der Waals surface area contributed by atoms with Gasteiger partial charge in [0.15, 0.2) is 0 Å². The highest BCUT2D eigenvalue weighted by atomic mass is 16.5. The summed E-state index contributed by atoms with van der Waals surface area (Å²) < 4.78 is 5.25. The van der Waals surface area contributed by atoms with Crippen molar-refractivity contribution in [1.82, 2.24) is 9.80 Å². The van der Waals surface area contributed by atoms with Crippen LogP contribution < -0.4 is 0 Å². The fraction of sp³-hybridized carbons (Fsp3) is 0.474. The molecule has 0 aromatic heterocycles. The zero-order valence-electron chi connectivity index (χ0n) is 15.5. The van der Waals surface area contributed by atoms with Gasteiger partial charge < -0.3 is 14.7 Å². The highest BCUT2D eigenvalue weighted by molar-refractivity contribution is 6.22. The summed E-state index contributed by atoms with van der Waals surface area (Å²) in [5.41, 5.74) is 0.550. The fourth-order valence-electron chi connectivity index (χ4n) is 2.85. The number of ether oxygens (including phenoxy) is 1. The molecule has 1 aromatic carbocycles. The average Bonchev–Trinajstić information content (AvgIpc) is 2.89. The van der Waals surface area contributed by atoms with Crippen molar-refractivity contribution in [2.75, 3.05) is 32.8 Å². The molecule has 8 nitrogen and oxygen atoms in total. The minimum Gasteiger partial charge on any atom is -0.481 e. The monoisotopic (exact) mass is 376 g/mol. The van der Waals surface area contributed by atoms with E-state index in [-0.39, 0.29) is 17.7 Å². The summed E-state index contributed by atoms with van der Waals surface area (Å²) in [5, 5.41) is 9.13. The Morgan fingerprint density at radius 3 is 2.30 bits per heavy atom. The smallest absolute Gasteiger partial charge is 0.308 e. The van der Waals surface area contributed by atoms with Gasteiger partial charge in [0, 0.05) is 26.3 Å². The molecule has 0 saturated heterocycles. The molecule has 0 spiro atoms. The second-order valence-electron chi connectivity index (χ2n) is 6.37. The zero-order valence-corrected chi connectivity index (χ0v) is 15.5. The van der Waals surface area contributed by atoms with Gasteiger partial charge in [-0.1, -0.05) is 19.1 Å². The summed E-state index contributed by atoms with van der Waals surface area (Å²) in [6, 6.07) is 6.41. The summed E-state index contributed by atoms with van der Waals surface area (Å²) in [5.74, 6) is -3.26. The maximum atomic E-state index is 12.7. The molecular formula is C19H24N2O6. The van der Waals surface area contributed by atoms with Crippen LogP contribution in [0.2, 0.25) is 0 Å². The van der Waals surface area contributed by atoms with Gasteiger partial charge in [0.25, 0.3) is 11.8 Å². The van der Waals surface area contributed by atoms with Gasteiger partial charge >= 0.3 is 5.97 Å². The van der Waals surface area contributed by atoms with Crippen molar-refractivity contribution in [2.45, 2.75) is 20.3 Å². The van der Waals surface area contributed by atoms with Crippen molar-refractivity contribution in [2.24, 2.45) is 5.92 Å². The summed E-state index contributed by atoms with van der Waals surface area (Å²) in [6.45, 7) is 4.24. The molecule has 2 rings (SSSR count). The number of hydrogen-bond donors (Lipinski definition) is 1. The number of fused-ring (bicyclic) bond motifs is 1. The molecule has 0 saturated carbocycles. The lowest BCUT2D eigenvalue weighted by atomic mass is 10.1. The molecule has 1 unspecified atom stereocenters. The van der Waals surface area contributed by atoms with Gasteiger partial charge in [-0.15, -0.1) is 0 Å². The molecule has 0 radical (unpaired) electrons. The third kappa shape index (κ3) is 4.91. The number of rotatable bonds is 10. The molecule has 0 bridgehead atoms. The summed E-state index contributed by atoms with van der Waals surface area (Å²) in [4.78, 5) is 51.0. The van der Waals surface area contributed by atoms with Gasteiger partial charge in [-0.25, -0.2) is 0 Å². The number of aliphatic carboxylic acids is 1. The van der Waals surface area contributed by atoms with E-state index in [1.165, 1.54) is 11.8 Å². The Kier molecular flexibility index (Phi) is 7.06. The second-order valence-corrected chi connectivity index (χ2v) is 6.37. The van der Waals surface area contributed by atoms with Gasteiger partial charge in [0.05, 0.1) is 17.0 Å². The third-order valence-electron chi connectivity index (χ3n) is 4.36. The van der Waals surface area contributed by atoms with Crippen LogP contribution in [0.15, 0.2) is 24.3 Å². The largest absolute Gasteiger partial charge is 0.481 e. The van der Waals surface area contributed by atoms with Crippen molar-refractivity contribution >= 4 is 23.7 Å². The molecule has 1 aromatic rings. The normalized spacial score (nSPS) is 14.2. The Morgan fingerprint density at radius 1 is 1.19 bits per heavy atom. The van der Waals surface area contributed by atoms with Crippen LogP contribution in [0.1, 0.15) is 41.0 Å². The Balaban J connectivity index is 2.07. The number of carboxylic acid groups (broad SMARTS) is 1. The molecule has 1 heterocycles. The summed E-state index contributed by atoms with van der Waals surface area (Å²) in [6.07, 6.45) is 0.536. The molecule has 0 fully saturated rings. The highest BCUT2D eigenvalue weighted by Crippen LogP contribution is 2.22. The van der Waals surface area contributed by atoms with Crippen LogP contribution >= 0.6 is 0 Å². The van der Waals surface area contributed by atoms with Crippen molar-refractivity contribution in [1.29, 1.82) is 0 Å². The first kappa shape index (κ1) is 20.6. The van der Waals surface area contributed by atoms with E-state index >= 15 is 0 Å². The molecular weight excluding hydrogens is 352 g/mol. The topological polar surface area (TPSA) is 104 Å². The van der Waals surface area contributed by atoms with Crippen LogP contribution in [0.3, 0.4) is 0 Å². The van der Waals surface area contributed by atoms with Gasteiger partial charge in [-0.2, -0.15) is 0 Å². The molecule has 1 aliphatic heterocycles. The molecule has 27 heavy (non-hydrogen) atoms. The lowest BCUT2D eigenvalue weighted by molar-refractivity contribution is -0.143. The maximum absolute atomic E-state index is 12.7. The van der Waals surface area contributed by atoms with Crippen LogP contribution in [0.25, 0.3) is 0 Å². The summed E-state index contributed by atoms with van der Waals surface area (Å²) >= 11 is 0. The first-order valence-electron chi connectivity index (χ1n) is 8.90. The van der Waals surface area contributed by atoms with E-state index in [0.29, 0.717) is 26.2 Å². The van der Waals surface area contributed by atoms with Gasteiger partial charge in [-0.3, -0.25) is 24.1 Å². The number of carbonyl (C=O) groups is 4. The average molecular weight is 376 g/mol. The first-order chi connectivity index (χ1) is 12.9. The Morgan fingerprint density at radius 2 is 1.78 bits per heavy atom. The van der Waals surface area contributed by atoms with Crippen LogP contribution in [0.4, 0.5) is 0 Å². The van der Waals surface area contributed by atoms with E-state index in [2.05, 4.69) is 0 Å². The van der Waals surface area contributed by atoms with Crippen LogP contribution in [0, 0.1) is 5.92 Å². The Bertz CT molecular complexity index is 698. The number of hydrogen-bond acceptors (Lipinski definition) is 5. The van der Waals surface area contributed by atoms with Crippen molar-refractivity contribution in [3.8, 4) is 0 Å². The van der Waals surface area contributed by atoms with E-state index in [4.69, 9.17) is 9.84 Å². The van der Waals surface area contributed by atoms with Crippen molar-refractivity contribution in [3.63, 3.8) is 0 Å².